The minimum Gasteiger partial charge on any atom is -0.399 e. The van der Waals surface area contributed by atoms with E-state index in [1.165, 1.54) is 5.56 Å². The second-order valence-electron chi connectivity index (χ2n) is 4.38. The lowest BCUT2D eigenvalue weighted by Crippen LogP contribution is -1.86. The summed E-state index contributed by atoms with van der Waals surface area (Å²) in [6.45, 7) is 2.21. The molecule has 96 valence electrons. The number of nitrogens with two attached hydrogens (primary N) is 1. The Balaban J connectivity index is 1.85. The van der Waals surface area contributed by atoms with Crippen molar-refractivity contribution >= 4 is 39.0 Å². The molecule has 2 N–H and O–H groups in total. The molecular formula is C15H14N2S2. The van der Waals surface area contributed by atoms with Gasteiger partial charge in [0, 0.05) is 10.9 Å². The first kappa shape index (κ1) is 12.5. The number of rotatable bonds is 3. The molecule has 2 aromatic carbocycles. The van der Waals surface area contributed by atoms with E-state index in [1.807, 2.05) is 24.3 Å². The molecule has 3 rings (SSSR count). The van der Waals surface area contributed by atoms with E-state index < -0.39 is 0 Å². The van der Waals surface area contributed by atoms with Crippen LogP contribution in [0.1, 0.15) is 17.7 Å². The van der Waals surface area contributed by atoms with E-state index in [1.54, 1.807) is 23.1 Å². The van der Waals surface area contributed by atoms with E-state index in [9.17, 15) is 0 Å². The summed E-state index contributed by atoms with van der Waals surface area (Å²) in [7, 11) is 0. The van der Waals surface area contributed by atoms with Gasteiger partial charge in [-0.25, -0.2) is 4.98 Å². The van der Waals surface area contributed by atoms with Gasteiger partial charge in [-0.15, -0.1) is 11.3 Å². The standard InChI is InChI=1S/C15H14N2S2/c1-10(11-5-3-2-4-6-11)18-15-17-13-8-7-12(16)9-14(13)19-15/h2-10H,16H2,1H3. The molecular weight excluding hydrogens is 272 g/mol. The van der Waals surface area contributed by atoms with Crippen LogP contribution in [0, 0.1) is 0 Å². The van der Waals surface area contributed by atoms with Crippen LogP contribution in [0.5, 0.6) is 0 Å². The summed E-state index contributed by atoms with van der Waals surface area (Å²) in [5.41, 5.74) is 8.95. The van der Waals surface area contributed by atoms with Crippen molar-refractivity contribution < 1.29 is 0 Å². The molecule has 0 saturated carbocycles. The molecule has 0 fully saturated rings. The highest BCUT2D eigenvalue weighted by atomic mass is 32.2. The SMILES string of the molecule is CC(Sc1nc2ccc(N)cc2s1)c1ccccc1. The predicted octanol–water partition coefficient (Wildman–Crippen LogP) is 4.73. The van der Waals surface area contributed by atoms with Gasteiger partial charge in [-0.2, -0.15) is 0 Å². The minimum absolute atomic E-state index is 0.402. The van der Waals surface area contributed by atoms with Crippen LogP contribution in [0.3, 0.4) is 0 Å². The molecule has 1 heterocycles. The Morgan fingerprint density at radius 1 is 1.16 bits per heavy atom. The fraction of sp³-hybridized carbons (Fsp3) is 0.133. The molecule has 0 bridgehead atoms. The molecule has 1 aromatic heterocycles. The van der Waals surface area contributed by atoms with Gasteiger partial charge in [-0.3, -0.25) is 0 Å². The van der Waals surface area contributed by atoms with Crippen LogP contribution >= 0.6 is 23.1 Å². The van der Waals surface area contributed by atoms with Gasteiger partial charge in [0.25, 0.3) is 0 Å². The zero-order chi connectivity index (χ0) is 13.2. The van der Waals surface area contributed by atoms with Gasteiger partial charge in [-0.1, -0.05) is 42.1 Å². The topological polar surface area (TPSA) is 38.9 Å². The van der Waals surface area contributed by atoms with Crippen LogP contribution in [0.4, 0.5) is 5.69 Å². The maximum atomic E-state index is 5.80. The van der Waals surface area contributed by atoms with E-state index in [0.29, 0.717) is 5.25 Å². The average Bonchev–Trinajstić information content (AvgIpc) is 2.81. The maximum absolute atomic E-state index is 5.80. The Morgan fingerprint density at radius 3 is 2.74 bits per heavy atom. The van der Waals surface area contributed by atoms with E-state index in [-0.39, 0.29) is 0 Å². The molecule has 1 atom stereocenters. The lowest BCUT2D eigenvalue weighted by atomic mass is 10.2. The van der Waals surface area contributed by atoms with Crippen LogP contribution in [-0.4, -0.2) is 4.98 Å². The summed E-state index contributed by atoms with van der Waals surface area (Å²) in [5.74, 6) is 0. The number of benzene rings is 2. The molecule has 0 saturated heterocycles. The van der Waals surface area contributed by atoms with Crippen LogP contribution < -0.4 is 5.73 Å². The van der Waals surface area contributed by atoms with Crippen molar-refractivity contribution in [3.05, 3.63) is 54.1 Å². The van der Waals surface area contributed by atoms with Crippen molar-refractivity contribution in [2.45, 2.75) is 16.5 Å². The van der Waals surface area contributed by atoms with Crippen molar-refractivity contribution in [3.63, 3.8) is 0 Å². The second kappa shape index (κ2) is 5.23. The minimum atomic E-state index is 0.402. The number of nitrogen functional groups attached to an aromatic ring is 1. The largest absolute Gasteiger partial charge is 0.399 e. The Labute approximate surface area is 120 Å². The fourth-order valence-corrected chi connectivity index (χ4v) is 4.30. The molecule has 0 spiro atoms. The Bertz CT molecular complexity index is 692. The van der Waals surface area contributed by atoms with Crippen molar-refractivity contribution in [1.29, 1.82) is 0 Å². The molecule has 3 aromatic rings. The number of thioether (sulfide) groups is 1. The number of hydrogen-bond donors (Lipinski definition) is 1. The normalized spacial score (nSPS) is 12.7. The number of fused-ring (bicyclic) bond motifs is 1. The van der Waals surface area contributed by atoms with Crippen LogP contribution in [0.15, 0.2) is 52.9 Å². The first-order valence-electron chi connectivity index (χ1n) is 6.10. The summed E-state index contributed by atoms with van der Waals surface area (Å²) in [4.78, 5) is 4.65. The van der Waals surface area contributed by atoms with Crippen molar-refractivity contribution in [2.75, 3.05) is 5.73 Å². The van der Waals surface area contributed by atoms with E-state index in [0.717, 1.165) is 20.2 Å². The number of nitrogens with zero attached hydrogens (tertiary/aromatic N) is 1. The van der Waals surface area contributed by atoms with Crippen molar-refractivity contribution in [3.8, 4) is 0 Å². The van der Waals surface area contributed by atoms with Gasteiger partial charge in [-0.05, 0) is 30.7 Å². The first-order valence-corrected chi connectivity index (χ1v) is 7.79. The molecule has 4 heteroatoms. The third-order valence-corrected chi connectivity index (χ3v) is 5.21. The molecule has 0 aliphatic rings. The van der Waals surface area contributed by atoms with E-state index >= 15 is 0 Å². The molecule has 0 aliphatic carbocycles. The number of thiazole rings is 1. The van der Waals surface area contributed by atoms with Gasteiger partial charge in [0.05, 0.1) is 10.2 Å². The highest BCUT2D eigenvalue weighted by molar-refractivity contribution is 8.01. The summed E-state index contributed by atoms with van der Waals surface area (Å²) in [5, 5.41) is 0.402. The van der Waals surface area contributed by atoms with Gasteiger partial charge in [0.1, 0.15) is 0 Å². The molecule has 0 radical (unpaired) electrons. The smallest absolute Gasteiger partial charge is 0.151 e. The number of aromatic nitrogens is 1. The quantitative estimate of drug-likeness (QED) is 0.558. The summed E-state index contributed by atoms with van der Waals surface area (Å²) >= 11 is 3.50. The average molecular weight is 286 g/mol. The zero-order valence-electron chi connectivity index (χ0n) is 10.5. The Morgan fingerprint density at radius 2 is 1.95 bits per heavy atom. The second-order valence-corrected chi connectivity index (χ2v) is 7.00. The molecule has 0 amide bonds. The van der Waals surface area contributed by atoms with E-state index in [2.05, 4.69) is 36.2 Å². The predicted molar refractivity (Wildman–Crippen MR) is 84.7 cm³/mol. The number of hydrogen-bond acceptors (Lipinski definition) is 4. The van der Waals surface area contributed by atoms with Crippen LogP contribution in [0.25, 0.3) is 10.2 Å². The van der Waals surface area contributed by atoms with Crippen molar-refractivity contribution in [1.82, 2.24) is 4.98 Å². The van der Waals surface area contributed by atoms with Gasteiger partial charge in [0.15, 0.2) is 4.34 Å². The van der Waals surface area contributed by atoms with Gasteiger partial charge >= 0.3 is 0 Å². The third-order valence-electron chi connectivity index (χ3n) is 2.94. The zero-order valence-corrected chi connectivity index (χ0v) is 12.2. The third kappa shape index (κ3) is 2.74. The highest BCUT2D eigenvalue weighted by Gasteiger charge is 2.11. The molecule has 2 nitrogen and oxygen atoms in total. The Hall–Kier alpha value is -1.52. The fourth-order valence-electron chi connectivity index (χ4n) is 1.91. The van der Waals surface area contributed by atoms with Crippen molar-refractivity contribution in [2.24, 2.45) is 0 Å². The van der Waals surface area contributed by atoms with Gasteiger partial charge < -0.3 is 5.73 Å². The molecule has 1 unspecified atom stereocenters. The monoisotopic (exact) mass is 286 g/mol. The van der Waals surface area contributed by atoms with E-state index in [4.69, 9.17) is 5.73 Å². The number of anilines is 1. The van der Waals surface area contributed by atoms with Gasteiger partial charge in [0.2, 0.25) is 0 Å². The first-order chi connectivity index (χ1) is 9.22. The lowest BCUT2D eigenvalue weighted by Gasteiger charge is -2.08. The van der Waals surface area contributed by atoms with Crippen LogP contribution in [0.2, 0.25) is 0 Å². The summed E-state index contributed by atoms with van der Waals surface area (Å²) < 4.78 is 2.25. The Kier molecular flexibility index (Phi) is 3.44. The summed E-state index contributed by atoms with van der Waals surface area (Å²) in [6.07, 6.45) is 0. The maximum Gasteiger partial charge on any atom is 0.151 e. The van der Waals surface area contributed by atoms with Crippen LogP contribution in [-0.2, 0) is 0 Å². The highest BCUT2D eigenvalue weighted by Crippen LogP contribution is 2.39. The molecule has 19 heavy (non-hydrogen) atoms. The lowest BCUT2D eigenvalue weighted by molar-refractivity contribution is 1.09. The summed E-state index contributed by atoms with van der Waals surface area (Å²) in [6, 6.07) is 16.4. The molecule has 0 aliphatic heterocycles.